The summed E-state index contributed by atoms with van der Waals surface area (Å²) in [7, 11) is 0. The Kier molecular flexibility index (Phi) is 6.30. The van der Waals surface area contributed by atoms with Crippen LogP contribution in [0.3, 0.4) is 0 Å². The molecule has 0 unspecified atom stereocenters. The van der Waals surface area contributed by atoms with Crippen LogP contribution in [0.25, 0.3) is 0 Å². The standard InChI is InChI=1S/C23H33N3O2/c27-22(16-26-14-13-17-7-1-2-8-18(17)15-26)25-21-12-6-5-11-20(21)23(28)24-19-9-3-4-10-19/h5-6,11-12,17-19H,1-4,7-10,13-16H2,(H,24,28)(H,25,27)/t17-,18+/m1/s1. The molecule has 3 fully saturated rings. The van der Waals surface area contributed by atoms with Gasteiger partial charge in [-0.1, -0.05) is 44.2 Å². The Bertz CT molecular complexity index is 699. The first-order chi connectivity index (χ1) is 13.7. The van der Waals surface area contributed by atoms with Gasteiger partial charge in [0.15, 0.2) is 0 Å². The number of piperidine rings is 1. The van der Waals surface area contributed by atoms with E-state index in [1.165, 1.54) is 44.9 Å². The molecule has 0 bridgehead atoms. The van der Waals surface area contributed by atoms with E-state index in [0.29, 0.717) is 17.8 Å². The first kappa shape index (κ1) is 19.4. The minimum absolute atomic E-state index is 0.0182. The van der Waals surface area contributed by atoms with Crippen LogP contribution in [0.4, 0.5) is 5.69 Å². The summed E-state index contributed by atoms with van der Waals surface area (Å²) in [5.74, 6) is 1.54. The Balaban J connectivity index is 1.33. The van der Waals surface area contributed by atoms with Crippen LogP contribution in [0, 0.1) is 11.8 Å². The second-order valence-electron chi connectivity index (χ2n) is 8.88. The number of anilines is 1. The van der Waals surface area contributed by atoms with Crippen molar-refractivity contribution < 1.29 is 9.59 Å². The van der Waals surface area contributed by atoms with Gasteiger partial charge in [-0.25, -0.2) is 0 Å². The third-order valence-corrected chi connectivity index (χ3v) is 6.88. The van der Waals surface area contributed by atoms with Gasteiger partial charge in [0.25, 0.3) is 5.91 Å². The number of hydrogen-bond acceptors (Lipinski definition) is 3. The van der Waals surface area contributed by atoms with Gasteiger partial charge in [-0.3, -0.25) is 14.5 Å². The summed E-state index contributed by atoms with van der Waals surface area (Å²) in [4.78, 5) is 27.6. The highest BCUT2D eigenvalue weighted by Crippen LogP contribution is 2.35. The number of carbonyl (C=O) groups is 2. The molecular formula is C23H33N3O2. The largest absolute Gasteiger partial charge is 0.349 e. The van der Waals surface area contributed by atoms with Gasteiger partial charge in [0.1, 0.15) is 0 Å². The van der Waals surface area contributed by atoms with Gasteiger partial charge in [0.2, 0.25) is 5.91 Å². The Morgan fingerprint density at radius 3 is 2.46 bits per heavy atom. The number of nitrogens with zero attached hydrogens (tertiary/aromatic N) is 1. The molecule has 2 aliphatic carbocycles. The lowest BCUT2D eigenvalue weighted by Crippen LogP contribution is -2.45. The van der Waals surface area contributed by atoms with Crippen LogP contribution in [0.5, 0.6) is 0 Å². The quantitative estimate of drug-likeness (QED) is 0.813. The topological polar surface area (TPSA) is 61.4 Å². The van der Waals surface area contributed by atoms with Gasteiger partial charge >= 0.3 is 0 Å². The van der Waals surface area contributed by atoms with E-state index >= 15 is 0 Å². The van der Waals surface area contributed by atoms with E-state index in [0.717, 1.165) is 37.8 Å². The molecule has 2 N–H and O–H groups in total. The van der Waals surface area contributed by atoms with Gasteiger partial charge < -0.3 is 10.6 Å². The van der Waals surface area contributed by atoms with Crippen LogP contribution in [0.2, 0.25) is 0 Å². The van der Waals surface area contributed by atoms with Crippen molar-refractivity contribution >= 4 is 17.5 Å². The van der Waals surface area contributed by atoms with E-state index < -0.39 is 0 Å². The molecule has 4 rings (SSSR count). The summed E-state index contributed by atoms with van der Waals surface area (Å²) < 4.78 is 0. The van der Waals surface area contributed by atoms with E-state index in [9.17, 15) is 9.59 Å². The smallest absolute Gasteiger partial charge is 0.253 e. The fourth-order valence-corrected chi connectivity index (χ4v) is 5.34. The van der Waals surface area contributed by atoms with Crippen LogP contribution in [-0.2, 0) is 4.79 Å². The molecule has 0 radical (unpaired) electrons. The van der Waals surface area contributed by atoms with Crippen molar-refractivity contribution in [2.45, 2.75) is 63.8 Å². The van der Waals surface area contributed by atoms with E-state index in [1.54, 1.807) is 6.07 Å². The third kappa shape index (κ3) is 4.75. The maximum absolute atomic E-state index is 12.7. The Hall–Kier alpha value is -1.88. The number of hydrogen-bond donors (Lipinski definition) is 2. The molecule has 2 atom stereocenters. The van der Waals surface area contributed by atoms with Crippen molar-refractivity contribution in [1.29, 1.82) is 0 Å². The van der Waals surface area contributed by atoms with E-state index in [1.807, 2.05) is 18.2 Å². The number of benzene rings is 1. The van der Waals surface area contributed by atoms with Crippen molar-refractivity contribution in [3.05, 3.63) is 29.8 Å². The lowest BCUT2D eigenvalue weighted by atomic mass is 9.75. The van der Waals surface area contributed by atoms with E-state index in [4.69, 9.17) is 0 Å². The molecule has 1 saturated heterocycles. The monoisotopic (exact) mass is 383 g/mol. The summed E-state index contributed by atoms with van der Waals surface area (Å²) >= 11 is 0. The number of fused-ring (bicyclic) bond motifs is 1. The lowest BCUT2D eigenvalue weighted by molar-refractivity contribution is -0.118. The number of rotatable bonds is 5. The molecule has 1 aromatic carbocycles. The van der Waals surface area contributed by atoms with Crippen LogP contribution in [0.1, 0.15) is 68.1 Å². The van der Waals surface area contributed by atoms with Gasteiger partial charge in [0, 0.05) is 12.6 Å². The van der Waals surface area contributed by atoms with Crippen molar-refractivity contribution in [3.8, 4) is 0 Å². The SMILES string of the molecule is O=C(CN1CC[C@H]2CCCC[C@H]2C1)Nc1ccccc1C(=O)NC1CCCC1. The predicted octanol–water partition coefficient (Wildman–Crippen LogP) is 3.81. The van der Waals surface area contributed by atoms with E-state index in [2.05, 4.69) is 15.5 Å². The molecule has 2 amide bonds. The summed E-state index contributed by atoms with van der Waals surface area (Å²) in [6, 6.07) is 7.62. The van der Waals surface area contributed by atoms with Crippen LogP contribution < -0.4 is 10.6 Å². The summed E-state index contributed by atoms with van der Waals surface area (Å²) in [5.41, 5.74) is 1.18. The van der Waals surface area contributed by atoms with Crippen LogP contribution in [-0.4, -0.2) is 42.4 Å². The maximum Gasteiger partial charge on any atom is 0.253 e. The van der Waals surface area contributed by atoms with Crippen molar-refractivity contribution in [2.75, 3.05) is 25.0 Å². The van der Waals surface area contributed by atoms with Crippen molar-refractivity contribution in [3.63, 3.8) is 0 Å². The van der Waals surface area contributed by atoms with Gasteiger partial charge in [-0.15, -0.1) is 0 Å². The highest BCUT2D eigenvalue weighted by molar-refractivity contribution is 6.04. The molecule has 0 spiro atoms. The average Bonchev–Trinajstić information content (AvgIpc) is 3.21. The fourth-order valence-electron chi connectivity index (χ4n) is 5.34. The molecule has 28 heavy (non-hydrogen) atoms. The second-order valence-corrected chi connectivity index (χ2v) is 8.88. The zero-order valence-corrected chi connectivity index (χ0v) is 16.8. The molecule has 1 aromatic rings. The van der Waals surface area contributed by atoms with Crippen molar-refractivity contribution in [2.24, 2.45) is 11.8 Å². The number of likely N-dealkylation sites (tertiary alicyclic amines) is 1. The number of carbonyl (C=O) groups excluding carboxylic acids is 2. The summed E-state index contributed by atoms with van der Waals surface area (Å²) in [5, 5.41) is 6.11. The second kappa shape index (κ2) is 9.08. The maximum atomic E-state index is 12.7. The zero-order valence-electron chi connectivity index (χ0n) is 16.8. The summed E-state index contributed by atoms with van der Waals surface area (Å²) in [6.45, 7) is 2.47. The van der Waals surface area contributed by atoms with Crippen molar-refractivity contribution in [1.82, 2.24) is 10.2 Å². The van der Waals surface area contributed by atoms with Gasteiger partial charge in [-0.2, -0.15) is 0 Å². The number of nitrogens with one attached hydrogen (secondary N) is 2. The van der Waals surface area contributed by atoms with Crippen LogP contribution >= 0.6 is 0 Å². The Morgan fingerprint density at radius 1 is 0.929 bits per heavy atom. The summed E-state index contributed by atoms with van der Waals surface area (Å²) in [6.07, 6.45) is 11.1. The lowest BCUT2D eigenvalue weighted by Gasteiger charge is -2.41. The molecule has 5 heteroatoms. The first-order valence-electron chi connectivity index (χ1n) is 11.1. The number of amides is 2. The molecule has 1 heterocycles. The average molecular weight is 384 g/mol. The minimum Gasteiger partial charge on any atom is -0.349 e. The molecule has 152 valence electrons. The predicted molar refractivity (Wildman–Crippen MR) is 111 cm³/mol. The van der Waals surface area contributed by atoms with Gasteiger partial charge in [-0.05, 0) is 56.2 Å². The highest BCUT2D eigenvalue weighted by atomic mass is 16.2. The van der Waals surface area contributed by atoms with Crippen LogP contribution in [0.15, 0.2) is 24.3 Å². The Labute approximate surface area is 168 Å². The molecule has 0 aromatic heterocycles. The zero-order chi connectivity index (χ0) is 19.3. The fraction of sp³-hybridized carbons (Fsp3) is 0.652. The highest BCUT2D eigenvalue weighted by Gasteiger charge is 2.31. The van der Waals surface area contributed by atoms with E-state index in [-0.39, 0.29) is 17.9 Å². The molecule has 3 aliphatic rings. The molecule has 1 aliphatic heterocycles. The first-order valence-corrected chi connectivity index (χ1v) is 11.1. The number of para-hydroxylation sites is 1. The normalized spacial score (nSPS) is 25.9. The molecule has 5 nitrogen and oxygen atoms in total. The third-order valence-electron chi connectivity index (χ3n) is 6.88. The Morgan fingerprint density at radius 2 is 1.64 bits per heavy atom. The molecule has 2 saturated carbocycles. The molecular weight excluding hydrogens is 350 g/mol. The minimum atomic E-state index is -0.0779. The van der Waals surface area contributed by atoms with Gasteiger partial charge in [0.05, 0.1) is 17.8 Å².